The Morgan fingerprint density at radius 1 is 1.10 bits per heavy atom. The van der Waals surface area contributed by atoms with Crippen LogP contribution in [-0.2, 0) is 0 Å². The highest BCUT2D eigenvalue weighted by atomic mass is 16.5. The Morgan fingerprint density at radius 3 is 2.65 bits per heavy atom. The number of hydrogen-bond acceptors (Lipinski definition) is 3. The van der Waals surface area contributed by atoms with Crippen LogP contribution in [0.1, 0.15) is 5.56 Å². The molecule has 0 aliphatic rings. The molecule has 1 aromatic carbocycles. The van der Waals surface area contributed by atoms with E-state index in [0.717, 1.165) is 28.0 Å². The van der Waals surface area contributed by atoms with E-state index in [-0.39, 0.29) is 5.56 Å². The van der Waals surface area contributed by atoms with Crippen molar-refractivity contribution in [3.63, 3.8) is 0 Å². The minimum absolute atomic E-state index is 0.145. The summed E-state index contributed by atoms with van der Waals surface area (Å²) in [6, 6.07) is 13.1. The van der Waals surface area contributed by atoms with E-state index in [2.05, 4.69) is 9.97 Å². The number of pyridine rings is 2. The minimum Gasteiger partial charge on any atom is -0.496 e. The van der Waals surface area contributed by atoms with E-state index in [1.165, 1.54) is 6.07 Å². The Kier molecular flexibility index (Phi) is 2.99. The molecule has 0 aliphatic heterocycles. The molecule has 0 bridgehead atoms. The van der Waals surface area contributed by atoms with Gasteiger partial charge in [0.05, 0.1) is 12.8 Å². The lowest BCUT2D eigenvalue weighted by Gasteiger charge is -2.07. The van der Waals surface area contributed by atoms with E-state index >= 15 is 0 Å². The number of nitrogens with zero attached hydrogens (tertiary/aromatic N) is 1. The minimum atomic E-state index is -0.145. The molecule has 0 fully saturated rings. The summed E-state index contributed by atoms with van der Waals surface area (Å²) in [6.45, 7) is 1.99. The summed E-state index contributed by atoms with van der Waals surface area (Å²) in [5.74, 6) is 0.850. The molecule has 0 unspecified atom stereocenters. The van der Waals surface area contributed by atoms with Crippen LogP contribution in [0.25, 0.3) is 22.3 Å². The maximum Gasteiger partial charge on any atom is 0.249 e. The van der Waals surface area contributed by atoms with Crippen LogP contribution in [0, 0.1) is 6.92 Å². The number of H-pyrrole nitrogens is 1. The van der Waals surface area contributed by atoms with Crippen LogP contribution < -0.4 is 10.3 Å². The first-order valence-electron chi connectivity index (χ1n) is 6.32. The summed E-state index contributed by atoms with van der Waals surface area (Å²) in [7, 11) is 1.65. The van der Waals surface area contributed by atoms with E-state index in [1.807, 2.05) is 37.3 Å². The molecule has 4 heteroatoms. The zero-order valence-electron chi connectivity index (χ0n) is 11.3. The zero-order chi connectivity index (χ0) is 14.1. The van der Waals surface area contributed by atoms with Gasteiger partial charge in [-0.1, -0.05) is 0 Å². The lowest BCUT2D eigenvalue weighted by Crippen LogP contribution is -2.03. The van der Waals surface area contributed by atoms with E-state index < -0.39 is 0 Å². The molecule has 0 radical (unpaired) electrons. The third-order valence-electron chi connectivity index (χ3n) is 3.27. The summed E-state index contributed by atoms with van der Waals surface area (Å²) in [6.07, 6.45) is 0. The number of fused-ring (bicyclic) bond motifs is 1. The highest BCUT2D eigenvalue weighted by Crippen LogP contribution is 2.25. The molecule has 20 heavy (non-hydrogen) atoms. The van der Waals surface area contributed by atoms with Crippen molar-refractivity contribution >= 4 is 11.0 Å². The van der Waals surface area contributed by atoms with Crippen LogP contribution in [0.5, 0.6) is 5.75 Å². The van der Waals surface area contributed by atoms with Crippen LogP contribution in [-0.4, -0.2) is 17.1 Å². The molecule has 4 nitrogen and oxygen atoms in total. The molecule has 0 amide bonds. The smallest absolute Gasteiger partial charge is 0.249 e. The molecule has 0 aliphatic carbocycles. The average molecular weight is 266 g/mol. The highest BCUT2D eigenvalue weighted by Gasteiger charge is 2.05. The van der Waals surface area contributed by atoms with Crippen molar-refractivity contribution in [3.05, 3.63) is 58.4 Å². The van der Waals surface area contributed by atoms with Crippen molar-refractivity contribution in [1.82, 2.24) is 9.97 Å². The van der Waals surface area contributed by atoms with Gasteiger partial charge >= 0.3 is 0 Å². The third-order valence-corrected chi connectivity index (χ3v) is 3.27. The summed E-state index contributed by atoms with van der Waals surface area (Å²) < 4.78 is 5.25. The standard InChI is InChI=1S/C16H14N2O2/c1-10-9-12(4-7-14(10)20-2)13-6-3-11-5-8-15(19)18-16(11)17-13/h3-9H,1-2H3,(H,17,18,19). The second-order valence-corrected chi connectivity index (χ2v) is 4.64. The van der Waals surface area contributed by atoms with Gasteiger partial charge in [0.15, 0.2) is 0 Å². The zero-order valence-corrected chi connectivity index (χ0v) is 11.3. The van der Waals surface area contributed by atoms with Crippen molar-refractivity contribution < 1.29 is 4.74 Å². The second kappa shape index (κ2) is 4.81. The molecule has 0 saturated heterocycles. The Balaban J connectivity index is 2.14. The van der Waals surface area contributed by atoms with Gasteiger partial charge in [-0.2, -0.15) is 0 Å². The van der Waals surface area contributed by atoms with Crippen LogP contribution in [0.3, 0.4) is 0 Å². The van der Waals surface area contributed by atoms with E-state index in [0.29, 0.717) is 5.65 Å². The van der Waals surface area contributed by atoms with Gasteiger partial charge in [0.25, 0.3) is 0 Å². The van der Waals surface area contributed by atoms with Gasteiger partial charge in [0.1, 0.15) is 11.4 Å². The predicted octanol–water partition coefficient (Wildman–Crippen LogP) is 2.91. The number of aromatic amines is 1. The largest absolute Gasteiger partial charge is 0.496 e. The van der Waals surface area contributed by atoms with Crippen molar-refractivity contribution in [2.75, 3.05) is 7.11 Å². The number of ether oxygens (including phenoxy) is 1. The number of rotatable bonds is 2. The number of methoxy groups -OCH3 is 1. The number of aryl methyl sites for hydroxylation is 1. The highest BCUT2D eigenvalue weighted by molar-refractivity contribution is 5.78. The van der Waals surface area contributed by atoms with Crippen molar-refractivity contribution in [3.8, 4) is 17.0 Å². The summed E-state index contributed by atoms with van der Waals surface area (Å²) >= 11 is 0. The van der Waals surface area contributed by atoms with Crippen LogP contribution in [0.4, 0.5) is 0 Å². The molecule has 0 saturated carbocycles. The van der Waals surface area contributed by atoms with E-state index in [1.54, 1.807) is 13.2 Å². The average Bonchev–Trinajstić information content (AvgIpc) is 2.46. The molecular formula is C16H14N2O2. The fourth-order valence-electron chi connectivity index (χ4n) is 2.23. The molecule has 3 aromatic rings. The predicted molar refractivity (Wildman–Crippen MR) is 79.1 cm³/mol. The molecular weight excluding hydrogens is 252 g/mol. The van der Waals surface area contributed by atoms with Gasteiger partial charge in [-0.15, -0.1) is 0 Å². The van der Waals surface area contributed by atoms with Gasteiger partial charge < -0.3 is 9.72 Å². The van der Waals surface area contributed by atoms with Crippen molar-refractivity contribution in [2.24, 2.45) is 0 Å². The summed E-state index contributed by atoms with van der Waals surface area (Å²) in [5.41, 5.74) is 3.32. The topological polar surface area (TPSA) is 55.0 Å². The molecule has 1 N–H and O–H groups in total. The Labute approximate surface area is 116 Å². The normalized spacial score (nSPS) is 10.7. The number of benzene rings is 1. The van der Waals surface area contributed by atoms with E-state index in [9.17, 15) is 4.79 Å². The Morgan fingerprint density at radius 2 is 1.90 bits per heavy atom. The third kappa shape index (κ3) is 2.16. The number of aromatic nitrogens is 2. The molecule has 2 aromatic heterocycles. The van der Waals surface area contributed by atoms with Gasteiger partial charge in [-0.05, 0) is 48.9 Å². The first-order chi connectivity index (χ1) is 9.67. The van der Waals surface area contributed by atoms with E-state index in [4.69, 9.17) is 4.74 Å². The van der Waals surface area contributed by atoms with Crippen LogP contribution in [0.15, 0.2) is 47.3 Å². The SMILES string of the molecule is COc1ccc(-c2ccc3ccc(=O)[nH]c3n2)cc1C. The summed E-state index contributed by atoms with van der Waals surface area (Å²) in [4.78, 5) is 18.6. The second-order valence-electron chi connectivity index (χ2n) is 4.64. The Hall–Kier alpha value is -2.62. The lowest BCUT2D eigenvalue weighted by molar-refractivity contribution is 0.412. The van der Waals surface area contributed by atoms with Gasteiger partial charge in [0, 0.05) is 17.0 Å². The molecule has 3 rings (SSSR count). The first kappa shape index (κ1) is 12.4. The molecule has 0 spiro atoms. The van der Waals surface area contributed by atoms with Crippen LogP contribution >= 0.6 is 0 Å². The first-order valence-corrected chi connectivity index (χ1v) is 6.32. The van der Waals surface area contributed by atoms with Gasteiger partial charge in [-0.3, -0.25) is 4.79 Å². The van der Waals surface area contributed by atoms with Gasteiger partial charge in [0.2, 0.25) is 5.56 Å². The Bertz CT molecular complexity index is 837. The van der Waals surface area contributed by atoms with Crippen molar-refractivity contribution in [1.29, 1.82) is 0 Å². The van der Waals surface area contributed by atoms with Crippen molar-refractivity contribution in [2.45, 2.75) is 6.92 Å². The van der Waals surface area contributed by atoms with Crippen LogP contribution in [0.2, 0.25) is 0 Å². The monoisotopic (exact) mass is 266 g/mol. The maximum atomic E-state index is 11.4. The van der Waals surface area contributed by atoms with Gasteiger partial charge in [-0.25, -0.2) is 4.98 Å². The fraction of sp³-hybridized carbons (Fsp3) is 0.125. The summed E-state index contributed by atoms with van der Waals surface area (Å²) in [5, 5.41) is 0.915. The maximum absolute atomic E-state index is 11.4. The quantitative estimate of drug-likeness (QED) is 0.776. The number of hydrogen-bond donors (Lipinski definition) is 1. The fourth-order valence-corrected chi connectivity index (χ4v) is 2.23. The molecule has 0 atom stereocenters. The molecule has 100 valence electrons. The lowest BCUT2D eigenvalue weighted by atomic mass is 10.1. The molecule has 2 heterocycles. The number of nitrogens with one attached hydrogen (secondary N) is 1.